The number of aryl methyl sites for hydroxylation is 1. The highest BCUT2D eigenvalue weighted by atomic mass is 19.4. The fraction of sp³-hybridized carbons (Fsp3) is 0.333. The third kappa shape index (κ3) is 2.17. The summed E-state index contributed by atoms with van der Waals surface area (Å²) in [5.41, 5.74) is 0.691. The molecule has 1 unspecified atom stereocenters. The number of aromatic amines is 1. The molecule has 22 heavy (non-hydrogen) atoms. The lowest BCUT2D eigenvalue weighted by atomic mass is 10.1. The van der Waals surface area contributed by atoms with Crippen LogP contribution in [0.3, 0.4) is 0 Å². The predicted molar refractivity (Wildman–Crippen MR) is 74.9 cm³/mol. The van der Waals surface area contributed by atoms with Crippen molar-refractivity contribution < 1.29 is 18.0 Å². The van der Waals surface area contributed by atoms with E-state index in [1.807, 2.05) is 0 Å². The van der Waals surface area contributed by atoms with Crippen LogP contribution >= 0.6 is 0 Å². The Labute approximate surface area is 124 Å². The number of alkyl halides is 3. The van der Waals surface area contributed by atoms with Crippen molar-refractivity contribution in [2.24, 2.45) is 0 Å². The van der Waals surface area contributed by atoms with Gasteiger partial charge >= 0.3 is 6.18 Å². The molecule has 3 rings (SSSR count). The van der Waals surface area contributed by atoms with E-state index >= 15 is 0 Å². The average molecular weight is 309 g/mol. The van der Waals surface area contributed by atoms with Crippen LogP contribution in [0.1, 0.15) is 39.8 Å². The van der Waals surface area contributed by atoms with Crippen molar-refractivity contribution >= 4 is 11.5 Å². The summed E-state index contributed by atoms with van der Waals surface area (Å²) in [5, 5.41) is 5.76. The Morgan fingerprint density at radius 1 is 1.32 bits per heavy atom. The average Bonchev–Trinajstić information content (AvgIpc) is 3.00. The first-order valence-corrected chi connectivity index (χ1v) is 6.78. The highest BCUT2D eigenvalue weighted by Gasteiger charge is 2.41. The Balaban J connectivity index is 2.05. The number of ketones is 1. The summed E-state index contributed by atoms with van der Waals surface area (Å²) in [6, 6.07) is 6.61. The van der Waals surface area contributed by atoms with Crippen LogP contribution in [0.5, 0.6) is 0 Å². The molecule has 0 saturated heterocycles. The van der Waals surface area contributed by atoms with E-state index in [2.05, 4.69) is 10.2 Å². The summed E-state index contributed by atoms with van der Waals surface area (Å²) in [5.74, 6) is -0.0536. The summed E-state index contributed by atoms with van der Waals surface area (Å²) in [6.45, 7) is 1.54. The second kappa shape index (κ2) is 4.86. The van der Waals surface area contributed by atoms with Crippen molar-refractivity contribution in [3.05, 3.63) is 46.8 Å². The number of aromatic nitrogens is 2. The minimum absolute atomic E-state index is 0.0120. The summed E-state index contributed by atoms with van der Waals surface area (Å²) in [7, 11) is 1.56. The molecule has 1 aromatic heterocycles. The fourth-order valence-corrected chi connectivity index (χ4v) is 2.99. The van der Waals surface area contributed by atoms with Crippen LogP contribution in [0.2, 0.25) is 0 Å². The number of anilines is 1. The normalized spacial score (nSPS) is 17.7. The van der Waals surface area contributed by atoms with Crippen molar-refractivity contribution in [2.75, 3.05) is 11.9 Å². The van der Waals surface area contributed by atoms with E-state index in [0.29, 0.717) is 11.3 Å². The molecule has 7 heteroatoms. The SMILES string of the molecule is Cc1[nH]nc(C(F)(F)F)c1N(C)C1CC(=O)c2ccccc21. The molecule has 0 aliphatic heterocycles. The lowest BCUT2D eigenvalue weighted by molar-refractivity contribution is -0.140. The quantitative estimate of drug-likeness (QED) is 0.923. The van der Waals surface area contributed by atoms with Gasteiger partial charge in [-0.05, 0) is 12.5 Å². The van der Waals surface area contributed by atoms with E-state index in [0.717, 1.165) is 5.56 Å². The summed E-state index contributed by atoms with van der Waals surface area (Å²) in [6.07, 6.45) is -4.38. The maximum absolute atomic E-state index is 13.1. The van der Waals surface area contributed by atoms with Crippen LogP contribution in [0.15, 0.2) is 24.3 Å². The van der Waals surface area contributed by atoms with Crippen molar-refractivity contribution in [1.82, 2.24) is 10.2 Å². The first-order valence-electron chi connectivity index (χ1n) is 6.78. The fourth-order valence-electron chi connectivity index (χ4n) is 2.99. The summed E-state index contributed by atoms with van der Waals surface area (Å²) < 4.78 is 39.3. The molecule has 0 saturated carbocycles. The van der Waals surface area contributed by atoms with Gasteiger partial charge in [0.2, 0.25) is 0 Å². The van der Waals surface area contributed by atoms with E-state index < -0.39 is 17.9 Å². The minimum Gasteiger partial charge on any atom is -0.364 e. The van der Waals surface area contributed by atoms with Crippen LogP contribution in [0.4, 0.5) is 18.9 Å². The Bertz CT molecular complexity index is 736. The van der Waals surface area contributed by atoms with Gasteiger partial charge in [-0.3, -0.25) is 9.89 Å². The molecule has 0 spiro atoms. The Hall–Kier alpha value is -2.31. The summed E-state index contributed by atoms with van der Waals surface area (Å²) in [4.78, 5) is 13.5. The number of nitrogens with one attached hydrogen (secondary N) is 1. The van der Waals surface area contributed by atoms with Crippen LogP contribution in [-0.2, 0) is 6.18 Å². The molecule has 1 atom stereocenters. The highest BCUT2D eigenvalue weighted by molar-refractivity contribution is 6.01. The van der Waals surface area contributed by atoms with Crippen LogP contribution in [0.25, 0.3) is 0 Å². The maximum Gasteiger partial charge on any atom is 0.437 e. The van der Waals surface area contributed by atoms with E-state index in [9.17, 15) is 18.0 Å². The lowest BCUT2D eigenvalue weighted by Crippen LogP contribution is -2.25. The number of Topliss-reactive ketones (excluding diaryl/α,β-unsaturated/α-hetero) is 1. The number of nitrogens with zero attached hydrogens (tertiary/aromatic N) is 2. The lowest BCUT2D eigenvalue weighted by Gasteiger charge is -2.27. The van der Waals surface area contributed by atoms with Crippen LogP contribution in [-0.4, -0.2) is 23.0 Å². The molecule has 1 aliphatic rings. The molecule has 0 radical (unpaired) electrons. The second-order valence-corrected chi connectivity index (χ2v) is 5.38. The van der Waals surface area contributed by atoms with Crippen molar-refractivity contribution in [3.63, 3.8) is 0 Å². The number of fused-ring (bicyclic) bond motifs is 1. The number of carbonyl (C=O) groups excluding carboxylic acids is 1. The minimum atomic E-state index is -4.55. The monoisotopic (exact) mass is 309 g/mol. The highest BCUT2D eigenvalue weighted by Crippen LogP contribution is 2.42. The maximum atomic E-state index is 13.1. The largest absolute Gasteiger partial charge is 0.437 e. The van der Waals surface area contributed by atoms with Gasteiger partial charge in [-0.1, -0.05) is 24.3 Å². The van der Waals surface area contributed by atoms with Crippen LogP contribution < -0.4 is 4.90 Å². The Morgan fingerprint density at radius 2 is 2.00 bits per heavy atom. The molecular weight excluding hydrogens is 295 g/mol. The molecular formula is C15H14F3N3O. The third-order valence-corrected chi connectivity index (χ3v) is 4.00. The third-order valence-electron chi connectivity index (χ3n) is 4.00. The molecule has 1 N–H and O–H groups in total. The number of rotatable bonds is 2. The molecule has 0 bridgehead atoms. The topological polar surface area (TPSA) is 49.0 Å². The molecule has 116 valence electrons. The zero-order valence-corrected chi connectivity index (χ0v) is 12.0. The predicted octanol–water partition coefficient (Wildman–Crippen LogP) is 3.50. The van der Waals surface area contributed by atoms with Gasteiger partial charge < -0.3 is 4.90 Å². The molecule has 1 aliphatic carbocycles. The number of hydrogen-bond acceptors (Lipinski definition) is 3. The van der Waals surface area contributed by atoms with Gasteiger partial charge in [0, 0.05) is 19.0 Å². The molecule has 4 nitrogen and oxygen atoms in total. The molecule has 1 heterocycles. The van der Waals surface area contributed by atoms with E-state index in [1.165, 1.54) is 11.8 Å². The van der Waals surface area contributed by atoms with Gasteiger partial charge in [0.1, 0.15) is 0 Å². The number of halogens is 3. The zero-order valence-electron chi connectivity index (χ0n) is 12.0. The molecule has 0 amide bonds. The molecule has 1 aromatic carbocycles. The Kier molecular flexibility index (Phi) is 3.23. The van der Waals surface area contributed by atoms with Gasteiger partial charge in [0.05, 0.1) is 17.4 Å². The number of benzene rings is 1. The van der Waals surface area contributed by atoms with Gasteiger partial charge in [0.15, 0.2) is 11.5 Å². The molecule has 2 aromatic rings. The second-order valence-electron chi connectivity index (χ2n) is 5.38. The molecule has 0 fully saturated rings. The van der Waals surface area contributed by atoms with Crippen molar-refractivity contribution in [3.8, 4) is 0 Å². The first-order chi connectivity index (χ1) is 10.3. The van der Waals surface area contributed by atoms with E-state index in [1.54, 1.807) is 31.3 Å². The van der Waals surface area contributed by atoms with E-state index in [-0.39, 0.29) is 17.9 Å². The number of H-pyrrole nitrogens is 1. The Morgan fingerprint density at radius 3 is 2.68 bits per heavy atom. The first kappa shape index (κ1) is 14.6. The van der Waals surface area contributed by atoms with Gasteiger partial charge in [-0.25, -0.2) is 0 Å². The number of carbonyl (C=O) groups is 1. The van der Waals surface area contributed by atoms with Gasteiger partial charge in [-0.15, -0.1) is 0 Å². The van der Waals surface area contributed by atoms with E-state index in [4.69, 9.17) is 0 Å². The van der Waals surface area contributed by atoms with Gasteiger partial charge in [-0.2, -0.15) is 18.3 Å². The zero-order chi connectivity index (χ0) is 16.1. The van der Waals surface area contributed by atoms with Gasteiger partial charge in [0.25, 0.3) is 0 Å². The standard InChI is InChI=1S/C15H14F3N3O/c1-8-13(14(20-19-8)15(16,17)18)21(2)11-7-12(22)10-6-4-3-5-9(10)11/h3-6,11H,7H2,1-2H3,(H,19,20). The van der Waals surface area contributed by atoms with Crippen molar-refractivity contribution in [1.29, 1.82) is 0 Å². The van der Waals surface area contributed by atoms with Crippen LogP contribution in [0, 0.1) is 6.92 Å². The smallest absolute Gasteiger partial charge is 0.364 e. The summed E-state index contributed by atoms with van der Waals surface area (Å²) >= 11 is 0. The number of hydrogen-bond donors (Lipinski definition) is 1. The van der Waals surface area contributed by atoms with Crippen molar-refractivity contribution in [2.45, 2.75) is 25.6 Å².